The van der Waals surface area contributed by atoms with Gasteiger partial charge in [-0.1, -0.05) is 11.8 Å². The van der Waals surface area contributed by atoms with Gasteiger partial charge in [-0.2, -0.15) is 0 Å². The van der Waals surface area contributed by atoms with Crippen LogP contribution in [0.3, 0.4) is 0 Å². The second kappa shape index (κ2) is 7.23. The summed E-state index contributed by atoms with van der Waals surface area (Å²) in [5, 5.41) is 2.02. The number of halogens is 5. The van der Waals surface area contributed by atoms with Crippen LogP contribution in [0.15, 0.2) is 44.9 Å². The Morgan fingerprint density at radius 3 is 1.94 bits per heavy atom. The molecule has 1 aliphatic heterocycles. The molecule has 2 amide bonds. The predicted octanol–water partition coefficient (Wildman–Crippen LogP) is 3.15. The first-order valence-electron chi connectivity index (χ1n) is 8.32. The van der Waals surface area contributed by atoms with Crippen molar-refractivity contribution in [2.24, 2.45) is 0 Å². The molecule has 0 aliphatic carbocycles. The zero-order valence-electron chi connectivity index (χ0n) is 14.9. The average Bonchev–Trinajstić information content (AvgIpc) is 3.02. The van der Waals surface area contributed by atoms with E-state index in [0.29, 0.717) is 0 Å². The van der Waals surface area contributed by atoms with Crippen molar-refractivity contribution in [3.8, 4) is 5.69 Å². The second-order valence-corrected chi connectivity index (χ2v) is 7.35. The van der Waals surface area contributed by atoms with E-state index in [1.807, 2.05) is 5.32 Å². The molecule has 3 aromatic rings. The molecule has 1 aromatic heterocycles. The minimum atomic E-state index is -2.26. The molecule has 158 valence electrons. The number of imide groups is 1. The van der Waals surface area contributed by atoms with Gasteiger partial charge in [-0.15, -0.1) is 0 Å². The van der Waals surface area contributed by atoms with Gasteiger partial charge in [0.05, 0.1) is 21.7 Å². The van der Waals surface area contributed by atoms with Gasteiger partial charge < -0.3 is 5.73 Å². The van der Waals surface area contributed by atoms with Crippen molar-refractivity contribution >= 4 is 29.4 Å². The van der Waals surface area contributed by atoms with Crippen molar-refractivity contribution in [3.63, 3.8) is 0 Å². The van der Waals surface area contributed by atoms with Crippen LogP contribution in [0.25, 0.3) is 5.69 Å². The summed E-state index contributed by atoms with van der Waals surface area (Å²) in [6.45, 7) is 0. The van der Waals surface area contributed by atoms with Gasteiger partial charge in [0.2, 0.25) is 5.82 Å². The van der Waals surface area contributed by atoms with E-state index in [1.54, 1.807) is 0 Å². The quantitative estimate of drug-likeness (QED) is 0.275. The van der Waals surface area contributed by atoms with Crippen molar-refractivity contribution in [2.45, 2.75) is 9.79 Å². The molecule has 0 spiro atoms. The highest BCUT2D eigenvalue weighted by Gasteiger charge is 2.32. The Labute approximate surface area is 173 Å². The minimum absolute atomic E-state index is 0.0904. The van der Waals surface area contributed by atoms with Crippen molar-refractivity contribution in [1.29, 1.82) is 0 Å². The van der Waals surface area contributed by atoms with Crippen LogP contribution in [0.2, 0.25) is 0 Å². The lowest BCUT2D eigenvalue weighted by atomic mass is 10.1. The normalized spacial score (nSPS) is 12.8. The number of pyridine rings is 1. The maximum Gasteiger partial charge on any atom is 0.262 e. The summed E-state index contributed by atoms with van der Waals surface area (Å²) in [5.41, 5.74) is 4.97. The van der Waals surface area contributed by atoms with Crippen LogP contribution in [-0.2, 0) is 0 Å². The van der Waals surface area contributed by atoms with Gasteiger partial charge in [0.25, 0.3) is 17.4 Å². The predicted molar refractivity (Wildman–Crippen MR) is 98.6 cm³/mol. The third-order valence-electron chi connectivity index (χ3n) is 4.44. The largest absolute Gasteiger partial charge is 0.384 e. The summed E-state index contributed by atoms with van der Waals surface area (Å²) in [6, 6.07) is 6.01. The number of hydrogen-bond acceptors (Lipinski definition) is 5. The van der Waals surface area contributed by atoms with Crippen LogP contribution in [0.1, 0.15) is 20.7 Å². The molecule has 4 rings (SSSR count). The molecule has 6 nitrogen and oxygen atoms in total. The van der Waals surface area contributed by atoms with Crippen LogP contribution < -0.4 is 16.6 Å². The van der Waals surface area contributed by atoms with E-state index in [9.17, 15) is 36.3 Å². The molecule has 0 fully saturated rings. The number of fused-ring (bicyclic) bond motifs is 1. The number of nitrogens with zero attached hydrogens (tertiary/aromatic N) is 1. The van der Waals surface area contributed by atoms with E-state index < -0.39 is 51.4 Å². The van der Waals surface area contributed by atoms with E-state index in [4.69, 9.17) is 5.73 Å². The SMILES string of the molecule is Nc1c2c(cc(=O)n1-c1ccc(Sc3c(F)c(F)c(F)c(F)c3F)cc1)C(=O)NC2=O. The van der Waals surface area contributed by atoms with Gasteiger partial charge >= 0.3 is 0 Å². The zero-order chi connectivity index (χ0) is 22.6. The summed E-state index contributed by atoms with van der Waals surface area (Å²) in [4.78, 5) is 35.0. The molecule has 2 heterocycles. The number of aromatic nitrogens is 1. The molecule has 0 unspecified atom stereocenters. The van der Waals surface area contributed by atoms with Crippen molar-refractivity contribution < 1.29 is 31.5 Å². The van der Waals surface area contributed by atoms with E-state index in [1.165, 1.54) is 24.3 Å². The summed E-state index contributed by atoms with van der Waals surface area (Å²) in [5.74, 6) is -12.2. The number of rotatable bonds is 3. The minimum Gasteiger partial charge on any atom is -0.384 e. The van der Waals surface area contributed by atoms with Gasteiger partial charge in [-0.3, -0.25) is 24.3 Å². The van der Waals surface area contributed by atoms with Gasteiger partial charge in [0, 0.05) is 11.0 Å². The molecule has 0 atom stereocenters. The van der Waals surface area contributed by atoms with Gasteiger partial charge in [-0.25, -0.2) is 22.0 Å². The number of nitrogen functional groups attached to an aromatic ring is 1. The van der Waals surface area contributed by atoms with E-state index >= 15 is 0 Å². The van der Waals surface area contributed by atoms with Crippen molar-refractivity contribution in [1.82, 2.24) is 9.88 Å². The molecule has 31 heavy (non-hydrogen) atoms. The average molecular weight is 453 g/mol. The number of benzene rings is 2. The standard InChI is InChI=1S/C19H8F5N3O3S/c20-11-12(21)14(23)16(15(24)13(11)22)31-7-3-1-6(2-4-7)27-9(28)5-8-10(17(27)25)19(30)26-18(8)29/h1-5H,25H2,(H,26,29,30). The number of anilines is 1. The van der Waals surface area contributed by atoms with Gasteiger partial charge in [-0.05, 0) is 24.3 Å². The highest BCUT2D eigenvalue weighted by Crippen LogP contribution is 2.36. The third kappa shape index (κ3) is 3.15. The third-order valence-corrected chi connectivity index (χ3v) is 5.51. The van der Waals surface area contributed by atoms with Crippen LogP contribution in [0, 0.1) is 29.1 Å². The molecule has 0 radical (unpaired) electrons. The number of nitrogens with two attached hydrogens (primary N) is 1. The smallest absolute Gasteiger partial charge is 0.262 e. The Bertz CT molecular complexity index is 1330. The maximum atomic E-state index is 13.9. The highest BCUT2D eigenvalue weighted by atomic mass is 32.2. The molecule has 0 bridgehead atoms. The van der Waals surface area contributed by atoms with Crippen molar-refractivity contribution in [2.75, 3.05) is 5.73 Å². The molecule has 3 N–H and O–H groups in total. The number of nitrogens with one attached hydrogen (secondary N) is 1. The Morgan fingerprint density at radius 1 is 0.806 bits per heavy atom. The first-order chi connectivity index (χ1) is 14.6. The fraction of sp³-hybridized carbons (Fsp3) is 0. The molecule has 12 heteroatoms. The van der Waals surface area contributed by atoms with Gasteiger partial charge in [0.15, 0.2) is 23.3 Å². The molecular weight excluding hydrogens is 445 g/mol. The van der Waals surface area contributed by atoms with E-state index in [0.717, 1.165) is 10.6 Å². The maximum absolute atomic E-state index is 13.9. The summed E-state index contributed by atoms with van der Waals surface area (Å²) in [6.07, 6.45) is 0. The highest BCUT2D eigenvalue weighted by molar-refractivity contribution is 7.99. The first-order valence-corrected chi connectivity index (χ1v) is 9.14. The monoisotopic (exact) mass is 453 g/mol. The van der Waals surface area contributed by atoms with E-state index in [2.05, 4.69) is 0 Å². The lowest BCUT2D eigenvalue weighted by molar-refractivity contribution is 0.0880. The summed E-state index contributed by atoms with van der Waals surface area (Å²) in [7, 11) is 0. The fourth-order valence-corrected chi connectivity index (χ4v) is 3.87. The summed E-state index contributed by atoms with van der Waals surface area (Å²) < 4.78 is 68.6. The Hall–Kier alpha value is -3.67. The lowest BCUT2D eigenvalue weighted by Crippen LogP contribution is -2.24. The van der Waals surface area contributed by atoms with E-state index in [-0.39, 0.29) is 39.3 Å². The Kier molecular flexibility index (Phi) is 4.81. The molecular formula is C19H8F5N3O3S. The number of carbonyl (C=O) groups excluding carboxylic acids is 2. The van der Waals surface area contributed by atoms with Gasteiger partial charge in [0.1, 0.15) is 5.82 Å². The second-order valence-electron chi connectivity index (χ2n) is 6.27. The molecule has 0 saturated carbocycles. The molecule has 1 aliphatic rings. The number of hydrogen-bond donors (Lipinski definition) is 2. The number of amides is 2. The van der Waals surface area contributed by atoms with Crippen molar-refractivity contribution in [3.05, 3.63) is 80.9 Å². The topological polar surface area (TPSA) is 94.2 Å². The van der Waals surface area contributed by atoms with Crippen LogP contribution >= 0.6 is 11.8 Å². The first kappa shape index (κ1) is 20.6. The lowest BCUT2D eigenvalue weighted by Gasteiger charge is -2.13. The zero-order valence-corrected chi connectivity index (χ0v) is 15.8. The van der Waals surface area contributed by atoms with Crippen LogP contribution in [-0.4, -0.2) is 16.4 Å². The molecule has 0 saturated heterocycles. The van der Waals surface area contributed by atoms with Crippen LogP contribution in [0.5, 0.6) is 0 Å². The fourth-order valence-electron chi connectivity index (χ4n) is 3.00. The van der Waals surface area contributed by atoms with Crippen LogP contribution in [0.4, 0.5) is 27.8 Å². The number of carbonyl (C=O) groups is 2. The molecule has 2 aromatic carbocycles. The Morgan fingerprint density at radius 2 is 1.35 bits per heavy atom. The Balaban J connectivity index is 1.73. The summed E-state index contributed by atoms with van der Waals surface area (Å²) >= 11 is 0.287.